The number of hydrogen-bond donors (Lipinski definition) is 1. The zero-order valence-electron chi connectivity index (χ0n) is 12.2. The lowest BCUT2D eigenvalue weighted by molar-refractivity contribution is 0.0733. The maximum absolute atomic E-state index is 12.8. The summed E-state index contributed by atoms with van der Waals surface area (Å²) < 4.78 is 11.1. The maximum atomic E-state index is 12.8. The molecule has 2 aromatic carbocycles. The minimum atomic E-state index is -0.0467. The van der Waals surface area contributed by atoms with Gasteiger partial charge in [-0.05, 0) is 36.5 Å². The van der Waals surface area contributed by atoms with Crippen LogP contribution in [0.1, 0.15) is 15.9 Å². The van der Waals surface area contributed by atoms with Gasteiger partial charge >= 0.3 is 0 Å². The summed E-state index contributed by atoms with van der Waals surface area (Å²) in [7, 11) is 0. The van der Waals surface area contributed by atoms with Crippen molar-refractivity contribution in [3.63, 3.8) is 0 Å². The number of rotatable bonds is 1. The van der Waals surface area contributed by atoms with Gasteiger partial charge in [-0.2, -0.15) is 0 Å². The van der Waals surface area contributed by atoms with Crippen LogP contribution in [0, 0.1) is 4.84 Å². The number of aromatic amines is 1. The molecule has 0 spiro atoms. The summed E-state index contributed by atoms with van der Waals surface area (Å²) in [5, 5.41) is 0. The number of ether oxygens (including phenoxy) is 1. The molecular formula is C17H14N2O3S. The first-order valence-electron chi connectivity index (χ1n) is 7.33. The third-order valence-corrected chi connectivity index (χ3v) is 4.09. The number of nitrogens with zero attached hydrogens (tertiary/aromatic N) is 1. The highest BCUT2D eigenvalue weighted by Gasteiger charge is 2.21. The molecule has 3 aromatic rings. The number of H-pyrrole nitrogens is 1. The Labute approximate surface area is 137 Å². The second kappa shape index (κ2) is 5.55. The predicted molar refractivity (Wildman–Crippen MR) is 88.1 cm³/mol. The minimum Gasteiger partial charge on any atom is -0.491 e. The molecule has 0 atom stereocenters. The molecule has 1 aliphatic heterocycles. The van der Waals surface area contributed by atoms with Crippen molar-refractivity contribution in [3.8, 4) is 5.75 Å². The average Bonchev–Trinajstić information content (AvgIpc) is 2.79. The Balaban J connectivity index is 1.66. The molecule has 1 N–H and O–H groups in total. The molecule has 0 saturated carbocycles. The van der Waals surface area contributed by atoms with Crippen LogP contribution in [0.2, 0.25) is 0 Å². The Hall–Kier alpha value is -2.60. The van der Waals surface area contributed by atoms with Crippen LogP contribution in [-0.2, 0) is 6.54 Å². The van der Waals surface area contributed by atoms with E-state index in [4.69, 9.17) is 21.4 Å². The van der Waals surface area contributed by atoms with Crippen LogP contribution in [0.25, 0.3) is 11.1 Å². The van der Waals surface area contributed by atoms with Crippen LogP contribution in [0.5, 0.6) is 5.75 Å². The Bertz CT molecular complexity index is 944. The van der Waals surface area contributed by atoms with Crippen LogP contribution < -0.4 is 4.74 Å². The summed E-state index contributed by atoms with van der Waals surface area (Å²) in [6, 6.07) is 13.1. The molecule has 0 fully saturated rings. The third-order valence-electron chi connectivity index (χ3n) is 3.91. The number of fused-ring (bicyclic) bond motifs is 2. The van der Waals surface area contributed by atoms with Gasteiger partial charge in [0.15, 0.2) is 5.58 Å². The molecule has 0 saturated heterocycles. The van der Waals surface area contributed by atoms with Gasteiger partial charge in [-0.15, -0.1) is 0 Å². The molecule has 5 nitrogen and oxygen atoms in total. The van der Waals surface area contributed by atoms with Gasteiger partial charge in [-0.1, -0.05) is 18.2 Å². The molecule has 1 aromatic heterocycles. The Morgan fingerprint density at radius 2 is 2.09 bits per heavy atom. The van der Waals surface area contributed by atoms with Crippen LogP contribution >= 0.6 is 12.2 Å². The van der Waals surface area contributed by atoms with Gasteiger partial charge in [0.25, 0.3) is 10.7 Å². The van der Waals surface area contributed by atoms with Crippen molar-refractivity contribution in [2.24, 2.45) is 0 Å². The second-order valence-corrected chi connectivity index (χ2v) is 5.78. The standard InChI is InChI=1S/C17H14N2O3S/c20-16(11-5-6-13-15(9-11)22-17(23)18-13)19-7-8-21-14-4-2-1-3-12(14)10-19/h1-6,9H,7-8,10H2,(H,18,23). The molecule has 1 amide bonds. The molecule has 116 valence electrons. The zero-order valence-corrected chi connectivity index (χ0v) is 13.1. The fourth-order valence-corrected chi connectivity index (χ4v) is 2.96. The predicted octanol–water partition coefficient (Wildman–Crippen LogP) is 3.53. The van der Waals surface area contributed by atoms with E-state index in [2.05, 4.69) is 4.98 Å². The highest BCUT2D eigenvalue weighted by molar-refractivity contribution is 7.71. The van der Waals surface area contributed by atoms with Crippen LogP contribution in [0.4, 0.5) is 0 Å². The maximum Gasteiger partial charge on any atom is 0.266 e. The van der Waals surface area contributed by atoms with Gasteiger partial charge in [0, 0.05) is 17.7 Å². The first-order valence-corrected chi connectivity index (χ1v) is 7.74. The van der Waals surface area contributed by atoms with Gasteiger partial charge in [-0.3, -0.25) is 4.79 Å². The fourth-order valence-electron chi connectivity index (χ4n) is 2.76. The molecule has 4 rings (SSSR count). The summed E-state index contributed by atoms with van der Waals surface area (Å²) in [5.74, 6) is 0.796. The van der Waals surface area contributed by atoms with E-state index in [-0.39, 0.29) is 5.91 Å². The van der Waals surface area contributed by atoms with Crippen molar-refractivity contribution in [2.45, 2.75) is 6.54 Å². The monoisotopic (exact) mass is 326 g/mol. The summed E-state index contributed by atoms with van der Waals surface area (Å²) >= 11 is 4.97. The lowest BCUT2D eigenvalue weighted by Crippen LogP contribution is -2.32. The largest absolute Gasteiger partial charge is 0.491 e. The van der Waals surface area contributed by atoms with Crippen molar-refractivity contribution in [3.05, 3.63) is 58.4 Å². The second-order valence-electron chi connectivity index (χ2n) is 5.41. The third kappa shape index (κ3) is 2.61. The van der Waals surface area contributed by atoms with Gasteiger partial charge in [0.05, 0.1) is 12.1 Å². The number of carbonyl (C=O) groups excluding carboxylic acids is 1. The number of para-hydroxylation sites is 1. The van der Waals surface area contributed by atoms with E-state index in [0.29, 0.717) is 35.7 Å². The normalized spacial score (nSPS) is 14.2. The summed E-state index contributed by atoms with van der Waals surface area (Å²) in [4.78, 5) is 17.8. The van der Waals surface area contributed by atoms with E-state index in [1.807, 2.05) is 30.3 Å². The summed E-state index contributed by atoms with van der Waals surface area (Å²) in [5.41, 5.74) is 2.97. The highest BCUT2D eigenvalue weighted by Crippen LogP contribution is 2.24. The SMILES string of the molecule is O=C(c1ccc2[nH]c(=S)oc2c1)N1CCOc2ccccc2C1. The Morgan fingerprint density at radius 1 is 1.22 bits per heavy atom. The molecule has 2 heterocycles. The van der Waals surface area contributed by atoms with Gasteiger partial charge in [0.1, 0.15) is 12.4 Å². The molecule has 0 unspecified atom stereocenters. The molecule has 0 aliphatic carbocycles. The first-order chi connectivity index (χ1) is 11.2. The Kier molecular flexibility index (Phi) is 3.38. The average molecular weight is 326 g/mol. The van der Waals surface area contributed by atoms with Gasteiger partial charge in [-0.25, -0.2) is 0 Å². The lowest BCUT2D eigenvalue weighted by atomic mass is 10.1. The number of nitrogens with one attached hydrogen (secondary N) is 1. The highest BCUT2D eigenvalue weighted by atomic mass is 32.1. The number of aromatic nitrogens is 1. The summed E-state index contributed by atoms with van der Waals surface area (Å²) in [6.07, 6.45) is 0. The van der Waals surface area contributed by atoms with E-state index < -0.39 is 0 Å². The topological polar surface area (TPSA) is 58.5 Å². The zero-order chi connectivity index (χ0) is 15.8. The molecule has 1 aliphatic rings. The molecule has 0 bridgehead atoms. The van der Waals surface area contributed by atoms with E-state index in [0.717, 1.165) is 16.8 Å². The molecular weight excluding hydrogens is 312 g/mol. The number of benzene rings is 2. The van der Waals surface area contributed by atoms with E-state index in [1.165, 1.54) is 0 Å². The molecule has 0 radical (unpaired) electrons. The van der Waals surface area contributed by atoms with E-state index in [1.54, 1.807) is 17.0 Å². The number of amides is 1. The summed E-state index contributed by atoms with van der Waals surface area (Å²) in [6.45, 7) is 1.56. The van der Waals surface area contributed by atoms with Crippen molar-refractivity contribution in [1.29, 1.82) is 0 Å². The number of oxazole rings is 1. The van der Waals surface area contributed by atoms with E-state index >= 15 is 0 Å². The lowest BCUT2D eigenvalue weighted by Gasteiger charge is -2.19. The van der Waals surface area contributed by atoms with E-state index in [9.17, 15) is 4.79 Å². The smallest absolute Gasteiger partial charge is 0.266 e. The fraction of sp³-hybridized carbons (Fsp3) is 0.176. The Morgan fingerprint density at radius 3 is 3.00 bits per heavy atom. The molecule has 6 heteroatoms. The quantitative estimate of drug-likeness (QED) is 0.695. The van der Waals surface area contributed by atoms with Crippen LogP contribution in [-0.4, -0.2) is 28.9 Å². The van der Waals surface area contributed by atoms with Crippen molar-refractivity contribution in [1.82, 2.24) is 9.88 Å². The number of hydrogen-bond acceptors (Lipinski definition) is 4. The minimum absolute atomic E-state index is 0.0467. The number of carbonyl (C=O) groups is 1. The van der Waals surface area contributed by atoms with Crippen LogP contribution in [0.15, 0.2) is 46.9 Å². The van der Waals surface area contributed by atoms with Crippen molar-refractivity contribution >= 4 is 29.2 Å². The van der Waals surface area contributed by atoms with Gasteiger partial charge in [0.2, 0.25) is 0 Å². The van der Waals surface area contributed by atoms with Crippen molar-refractivity contribution < 1.29 is 13.9 Å². The van der Waals surface area contributed by atoms with Crippen molar-refractivity contribution in [2.75, 3.05) is 13.2 Å². The molecule has 23 heavy (non-hydrogen) atoms. The van der Waals surface area contributed by atoms with Gasteiger partial charge < -0.3 is 19.0 Å². The van der Waals surface area contributed by atoms with Crippen LogP contribution in [0.3, 0.4) is 0 Å². The first kappa shape index (κ1) is 14.0.